The maximum atomic E-state index is 8.61. The maximum Gasteiger partial charge on any atom is 0.169 e. The third kappa shape index (κ3) is 2.40. The van der Waals surface area contributed by atoms with Crippen LogP contribution in [0.2, 0.25) is 0 Å². The van der Waals surface area contributed by atoms with Gasteiger partial charge in [0.05, 0.1) is 0 Å². The summed E-state index contributed by atoms with van der Waals surface area (Å²) in [6.45, 7) is 0. The lowest BCUT2D eigenvalue weighted by Crippen LogP contribution is -1.81. The fourth-order valence-corrected chi connectivity index (χ4v) is 1.19. The van der Waals surface area contributed by atoms with E-state index in [4.69, 9.17) is 9.79 Å². The van der Waals surface area contributed by atoms with E-state index in [-0.39, 0.29) is 0 Å². The minimum absolute atomic E-state index is 0.331. The van der Waals surface area contributed by atoms with Crippen molar-refractivity contribution in [2.45, 2.75) is 6.16 Å². The van der Waals surface area contributed by atoms with Crippen molar-refractivity contribution in [3.05, 3.63) is 30.1 Å². The Morgan fingerprint density at radius 1 is 1.30 bits per heavy atom. The molecule has 0 aliphatic rings. The molecule has 0 bridgehead atoms. The van der Waals surface area contributed by atoms with Crippen molar-refractivity contribution in [3.8, 4) is 0 Å². The average Bonchev–Trinajstić information content (AvgIpc) is 1.88. The van der Waals surface area contributed by atoms with Crippen LogP contribution >= 0.6 is 8.38 Å². The molecule has 0 radical (unpaired) electrons. The van der Waals surface area contributed by atoms with Crippen LogP contribution in [0.25, 0.3) is 0 Å². The van der Waals surface area contributed by atoms with E-state index >= 15 is 0 Å². The van der Waals surface area contributed by atoms with Gasteiger partial charge in [0.25, 0.3) is 0 Å². The minimum Gasteiger partial charge on any atom is -0.350 e. The summed E-state index contributed by atoms with van der Waals surface area (Å²) in [5.74, 6) is 0. The Bertz CT molecular complexity index is 190. The van der Waals surface area contributed by atoms with Crippen LogP contribution in [-0.2, 0) is 6.16 Å². The van der Waals surface area contributed by atoms with Crippen molar-refractivity contribution in [1.29, 1.82) is 0 Å². The molecule has 0 atom stereocenters. The molecule has 0 spiro atoms. The first-order valence-electron chi connectivity index (χ1n) is 2.83. The fourth-order valence-electron chi connectivity index (χ4n) is 0.651. The number of rotatable bonds is 2. The van der Waals surface area contributed by atoms with E-state index in [1.54, 1.807) is 24.5 Å². The highest BCUT2D eigenvalue weighted by molar-refractivity contribution is 7.44. The van der Waals surface area contributed by atoms with Crippen LogP contribution in [0, 0.1) is 0 Å². The molecule has 10 heavy (non-hydrogen) atoms. The van der Waals surface area contributed by atoms with E-state index in [2.05, 4.69) is 4.98 Å². The van der Waals surface area contributed by atoms with Crippen molar-refractivity contribution in [1.82, 2.24) is 4.98 Å². The molecular weight excluding hydrogens is 149 g/mol. The number of aromatic nitrogens is 1. The highest BCUT2D eigenvalue weighted by Crippen LogP contribution is 2.28. The zero-order valence-corrected chi connectivity index (χ0v) is 6.20. The quantitative estimate of drug-likeness (QED) is 0.626. The van der Waals surface area contributed by atoms with Gasteiger partial charge in [-0.25, -0.2) is 0 Å². The molecule has 0 saturated heterocycles. The maximum absolute atomic E-state index is 8.61. The lowest BCUT2D eigenvalue weighted by Gasteiger charge is -1.99. The predicted octanol–water partition coefficient (Wildman–Crippen LogP) is 0.878. The van der Waals surface area contributed by atoms with Gasteiger partial charge in [-0.15, -0.1) is 0 Å². The lowest BCUT2D eigenvalue weighted by atomic mass is 10.3. The SMILES string of the molecule is OP(O)Cc1ccncc1. The Balaban J connectivity index is 2.59. The molecule has 0 unspecified atom stereocenters. The lowest BCUT2D eigenvalue weighted by molar-refractivity contribution is 0.481. The van der Waals surface area contributed by atoms with Gasteiger partial charge in [-0.05, 0) is 17.7 Å². The van der Waals surface area contributed by atoms with Crippen LogP contribution in [0.5, 0.6) is 0 Å². The van der Waals surface area contributed by atoms with Gasteiger partial charge >= 0.3 is 0 Å². The average molecular weight is 157 g/mol. The van der Waals surface area contributed by atoms with Crippen LogP contribution in [-0.4, -0.2) is 14.8 Å². The van der Waals surface area contributed by atoms with Crippen molar-refractivity contribution in [2.24, 2.45) is 0 Å². The molecule has 0 aromatic carbocycles. The summed E-state index contributed by atoms with van der Waals surface area (Å²) in [5, 5.41) is 0. The second-order valence-electron chi connectivity index (χ2n) is 1.89. The normalized spacial score (nSPS) is 10.3. The zero-order valence-electron chi connectivity index (χ0n) is 5.31. The van der Waals surface area contributed by atoms with Gasteiger partial charge in [-0.2, -0.15) is 0 Å². The summed E-state index contributed by atoms with van der Waals surface area (Å²) < 4.78 is 0. The molecule has 1 heterocycles. The molecule has 0 fully saturated rings. The highest BCUT2D eigenvalue weighted by Gasteiger charge is 1.98. The topological polar surface area (TPSA) is 53.4 Å². The third-order valence-electron chi connectivity index (χ3n) is 1.07. The summed E-state index contributed by atoms with van der Waals surface area (Å²) in [4.78, 5) is 21.0. The van der Waals surface area contributed by atoms with Crippen molar-refractivity contribution in [2.75, 3.05) is 0 Å². The van der Waals surface area contributed by atoms with E-state index in [0.717, 1.165) is 5.56 Å². The van der Waals surface area contributed by atoms with Crippen molar-refractivity contribution >= 4 is 8.38 Å². The number of pyridine rings is 1. The second-order valence-corrected chi connectivity index (χ2v) is 2.95. The summed E-state index contributed by atoms with van der Waals surface area (Å²) >= 11 is 0. The molecule has 2 N–H and O–H groups in total. The molecular formula is C6H8NO2P. The molecule has 54 valence electrons. The van der Waals surface area contributed by atoms with Crippen LogP contribution in [0.15, 0.2) is 24.5 Å². The summed E-state index contributed by atoms with van der Waals surface area (Å²) in [5.41, 5.74) is 0.908. The minimum atomic E-state index is -1.80. The van der Waals surface area contributed by atoms with Crippen molar-refractivity contribution in [3.63, 3.8) is 0 Å². The molecule has 0 aliphatic carbocycles. The molecule has 4 heteroatoms. The Morgan fingerprint density at radius 2 is 1.90 bits per heavy atom. The van der Waals surface area contributed by atoms with Gasteiger partial charge in [-0.3, -0.25) is 4.98 Å². The molecule has 1 aromatic heterocycles. The van der Waals surface area contributed by atoms with Crippen LogP contribution in [0.1, 0.15) is 5.56 Å². The molecule has 0 aliphatic heterocycles. The van der Waals surface area contributed by atoms with E-state index in [1.807, 2.05) is 0 Å². The van der Waals surface area contributed by atoms with E-state index < -0.39 is 8.38 Å². The Morgan fingerprint density at radius 3 is 2.40 bits per heavy atom. The van der Waals surface area contributed by atoms with Crippen LogP contribution < -0.4 is 0 Å². The summed E-state index contributed by atoms with van der Waals surface area (Å²) in [7, 11) is -1.80. The Kier molecular flexibility index (Phi) is 2.75. The van der Waals surface area contributed by atoms with E-state index in [0.29, 0.717) is 6.16 Å². The largest absolute Gasteiger partial charge is 0.350 e. The number of hydrogen-bond acceptors (Lipinski definition) is 3. The van der Waals surface area contributed by atoms with Gasteiger partial charge in [0, 0.05) is 18.6 Å². The van der Waals surface area contributed by atoms with Crippen LogP contribution in [0.3, 0.4) is 0 Å². The summed E-state index contributed by atoms with van der Waals surface area (Å²) in [6, 6.07) is 3.53. The summed E-state index contributed by atoms with van der Waals surface area (Å²) in [6.07, 6.45) is 3.60. The van der Waals surface area contributed by atoms with Gasteiger partial charge in [-0.1, -0.05) is 0 Å². The Labute approximate surface area is 60.3 Å². The first-order valence-corrected chi connectivity index (χ1v) is 4.26. The molecule has 1 rings (SSSR count). The van der Waals surface area contributed by atoms with Crippen LogP contribution in [0.4, 0.5) is 0 Å². The third-order valence-corrected chi connectivity index (χ3v) is 1.72. The standard InChI is InChI=1S/C6H8NO2P/c8-10(9)5-6-1-3-7-4-2-6/h1-4,8-9H,5H2. The smallest absolute Gasteiger partial charge is 0.169 e. The number of nitrogens with zero attached hydrogens (tertiary/aromatic N) is 1. The highest BCUT2D eigenvalue weighted by atomic mass is 31.2. The van der Waals surface area contributed by atoms with E-state index in [9.17, 15) is 0 Å². The van der Waals surface area contributed by atoms with Gasteiger partial charge in [0.2, 0.25) is 0 Å². The molecule has 1 aromatic rings. The van der Waals surface area contributed by atoms with Gasteiger partial charge in [0.1, 0.15) is 0 Å². The van der Waals surface area contributed by atoms with Gasteiger partial charge < -0.3 is 9.79 Å². The zero-order chi connectivity index (χ0) is 7.40. The van der Waals surface area contributed by atoms with Crippen molar-refractivity contribution < 1.29 is 9.79 Å². The molecule has 3 nitrogen and oxygen atoms in total. The Hall–Kier alpha value is -0.500. The first-order chi connectivity index (χ1) is 4.79. The molecule has 0 saturated carbocycles. The number of hydrogen-bond donors (Lipinski definition) is 2. The fraction of sp³-hybridized carbons (Fsp3) is 0.167. The van der Waals surface area contributed by atoms with E-state index in [1.165, 1.54) is 0 Å². The second kappa shape index (κ2) is 3.62. The molecule has 0 amide bonds. The first kappa shape index (κ1) is 7.61. The predicted molar refractivity (Wildman–Crippen MR) is 39.3 cm³/mol. The van der Waals surface area contributed by atoms with Gasteiger partial charge in [0.15, 0.2) is 8.38 Å². The monoisotopic (exact) mass is 157 g/mol.